The van der Waals surface area contributed by atoms with Crippen molar-refractivity contribution in [3.63, 3.8) is 0 Å². The zero-order valence-corrected chi connectivity index (χ0v) is 25.1. The van der Waals surface area contributed by atoms with Crippen molar-refractivity contribution in [2.75, 3.05) is 26.4 Å². The van der Waals surface area contributed by atoms with E-state index in [2.05, 4.69) is 0 Å². The van der Waals surface area contributed by atoms with E-state index >= 15 is 0 Å². The summed E-state index contributed by atoms with van der Waals surface area (Å²) in [6.45, 7) is 8.45. The molecule has 0 N–H and O–H groups in total. The maximum Gasteiger partial charge on any atom is 0.348 e. The molecule has 0 saturated carbocycles. The molecule has 0 saturated heterocycles. The Bertz CT molecular complexity index is 1740. The fraction of sp³-hybridized carbons (Fsp3) is 0.222. The predicted molar refractivity (Wildman–Crippen MR) is 170 cm³/mol. The number of nitrogens with zero attached hydrogens (tertiary/aromatic N) is 2. The Kier molecular flexibility index (Phi) is 10.3. The van der Waals surface area contributed by atoms with E-state index in [9.17, 15) is 20.1 Å². The number of fused-ring (bicyclic) bond motifs is 2. The van der Waals surface area contributed by atoms with Crippen LogP contribution in [0.5, 0.6) is 11.5 Å². The minimum atomic E-state index is -0.669. The minimum Gasteiger partial charge on any atom is -0.493 e. The monoisotopic (exact) mass is 588 g/mol. The van der Waals surface area contributed by atoms with Crippen LogP contribution in [0.1, 0.15) is 38.8 Å². The van der Waals surface area contributed by atoms with Crippen molar-refractivity contribution in [1.29, 1.82) is 10.5 Å². The van der Waals surface area contributed by atoms with Gasteiger partial charge in [-0.1, -0.05) is 36.4 Å². The number of hydrogen-bond donors (Lipinski definition) is 0. The van der Waals surface area contributed by atoms with Crippen molar-refractivity contribution >= 4 is 45.6 Å². The highest BCUT2D eigenvalue weighted by Crippen LogP contribution is 2.46. The second kappa shape index (κ2) is 14.5. The summed E-state index contributed by atoms with van der Waals surface area (Å²) in [5, 5.41) is 22.5. The number of hydrogen-bond acceptors (Lipinski definition) is 8. The van der Waals surface area contributed by atoms with Gasteiger partial charge < -0.3 is 18.9 Å². The lowest BCUT2D eigenvalue weighted by atomic mass is 9.90. The Morgan fingerprint density at radius 3 is 1.36 bits per heavy atom. The topological polar surface area (TPSA) is 119 Å². The fourth-order valence-electron chi connectivity index (χ4n) is 4.93. The van der Waals surface area contributed by atoms with Crippen LogP contribution in [0.2, 0.25) is 0 Å². The van der Waals surface area contributed by atoms with Gasteiger partial charge in [0.05, 0.1) is 26.4 Å². The number of carbonyl (C=O) groups excluding carboxylic acids is 2. The van der Waals surface area contributed by atoms with Gasteiger partial charge in [-0.3, -0.25) is 0 Å². The second-order valence-electron chi connectivity index (χ2n) is 9.49. The molecule has 0 aromatic heterocycles. The Balaban J connectivity index is 1.96. The molecule has 222 valence electrons. The Labute approximate surface area is 256 Å². The van der Waals surface area contributed by atoms with Gasteiger partial charge in [-0.05, 0) is 96.8 Å². The summed E-state index contributed by atoms with van der Waals surface area (Å²) in [4.78, 5) is 24.4. The van der Waals surface area contributed by atoms with Gasteiger partial charge in [0.1, 0.15) is 34.8 Å². The molecule has 8 heteroatoms. The number of rotatable bonds is 11. The molecule has 0 aliphatic heterocycles. The van der Waals surface area contributed by atoms with Gasteiger partial charge in [-0.15, -0.1) is 0 Å². The van der Waals surface area contributed by atoms with Crippen LogP contribution in [-0.2, 0) is 19.1 Å². The minimum absolute atomic E-state index is 0.0857. The first kappa shape index (κ1) is 31.3. The number of carbonyl (C=O) groups is 2. The summed E-state index contributed by atoms with van der Waals surface area (Å²) in [6.07, 6.45) is 3.02. The molecule has 0 spiro atoms. The molecule has 0 bridgehead atoms. The van der Waals surface area contributed by atoms with Gasteiger partial charge in [-0.25, -0.2) is 9.59 Å². The highest BCUT2D eigenvalue weighted by Gasteiger charge is 2.20. The van der Waals surface area contributed by atoms with E-state index < -0.39 is 11.9 Å². The van der Waals surface area contributed by atoms with Gasteiger partial charge >= 0.3 is 11.9 Å². The quantitative estimate of drug-likeness (QED) is 0.101. The highest BCUT2D eigenvalue weighted by atomic mass is 16.5. The fourth-order valence-corrected chi connectivity index (χ4v) is 4.93. The summed E-state index contributed by atoms with van der Waals surface area (Å²) < 4.78 is 22.3. The third-order valence-electron chi connectivity index (χ3n) is 6.71. The molecule has 0 radical (unpaired) electrons. The first-order valence-electron chi connectivity index (χ1n) is 14.4. The van der Waals surface area contributed by atoms with Gasteiger partial charge in [0.25, 0.3) is 0 Å². The Hall–Kier alpha value is -5.60. The zero-order chi connectivity index (χ0) is 31.6. The molecule has 0 unspecified atom stereocenters. The second-order valence-corrected chi connectivity index (χ2v) is 9.49. The van der Waals surface area contributed by atoms with E-state index in [0.29, 0.717) is 35.8 Å². The van der Waals surface area contributed by atoms with Crippen LogP contribution in [0, 0.1) is 22.7 Å². The van der Waals surface area contributed by atoms with Crippen molar-refractivity contribution in [1.82, 2.24) is 0 Å². The summed E-state index contributed by atoms with van der Waals surface area (Å²) in [5.74, 6) is -0.00558. The molecular formula is C36H32N2O6. The summed E-state index contributed by atoms with van der Waals surface area (Å²) in [5.41, 5.74) is 2.83. The predicted octanol–water partition coefficient (Wildman–Crippen LogP) is 7.40. The molecule has 8 nitrogen and oxygen atoms in total. The molecule has 0 fully saturated rings. The van der Waals surface area contributed by atoms with Crippen LogP contribution < -0.4 is 9.47 Å². The Morgan fingerprint density at radius 1 is 0.614 bits per heavy atom. The number of benzene rings is 4. The first-order valence-corrected chi connectivity index (χ1v) is 14.4. The average molecular weight is 589 g/mol. The van der Waals surface area contributed by atoms with Crippen molar-refractivity contribution in [2.45, 2.75) is 27.7 Å². The van der Waals surface area contributed by atoms with Crippen LogP contribution in [0.25, 0.3) is 44.8 Å². The number of ether oxygens (including phenoxy) is 4. The first-order chi connectivity index (χ1) is 21.4. The smallest absolute Gasteiger partial charge is 0.348 e. The van der Waals surface area contributed by atoms with Crippen molar-refractivity contribution < 1.29 is 28.5 Å². The SMILES string of the molecule is CCOC(=O)C(C#N)=Cc1ccc2c(-c3c(OCC)ccc4cc(C=C(C#N)C(=O)OCC)ccc34)c(OCC)ccc2c1. The van der Waals surface area contributed by atoms with Gasteiger partial charge in [0.15, 0.2) is 0 Å². The van der Waals surface area contributed by atoms with Gasteiger partial charge in [-0.2, -0.15) is 10.5 Å². The largest absolute Gasteiger partial charge is 0.493 e. The van der Waals surface area contributed by atoms with Crippen LogP contribution >= 0.6 is 0 Å². The standard InChI is InChI=1S/C36H32N2O6/c1-5-41-31-15-11-25-17-23(19-27(21-37)35(39)43-7-3)9-13-29(25)33(31)34-30-14-10-24(20-28(22-38)36(40)44-8-4)18-26(30)12-16-32(34)42-6-2/h9-20H,5-8H2,1-4H3. The summed E-state index contributed by atoms with van der Waals surface area (Å²) >= 11 is 0. The molecule has 0 atom stereocenters. The molecule has 0 aliphatic rings. The highest BCUT2D eigenvalue weighted by molar-refractivity contribution is 6.11. The van der Waals surface area contributed by atoms with Crippen LogP contribution in [0.3, 0.4) is 0 Å². The molecule has 4 aromatic rings. The Morgan fingerprint density at radius 2 is 1.02 bits per heavy atom. The van der Waals surface area contributed by atoms with E-state index in [1.165, 1.54) is 12.2 Å². The summed E-state index contributed by atoms with van der Waals surface area (Å²) in [6, 6.07) is 22.9. The zero-order valence-electron chi connectivity index (χ0n) is 25.1. The summed E-state index contributed by atoms with van der Waals surface area (Å²) in [7, 11) is 0. The maximum absolute atomic E-state index is 12.2. The average Bonchev–Trinajstić information content (AvgIpc) is 3.03. The molecular weight excluding hydrogens is 556 g/mol. The lowest BCUT2D eigenvalue weighted by molar-refractivity contribution is -0.138. The number of esters is 2. The van der Waals surface area contributed by atoms with E-state index in [1.54, 1.807) is 13.8 Å². The van der Waals surface area contributed by atoms with Gasteiger partial charge in [0.2, 0.25) is 0 Å². The molecule has 4 aromatic carbocycles. The molecule has 0 heterocycles. The molecule has 0 aliphatic carbocycles. The molecule has 4 rings (SSSR count). The van der Waals surface area contributed by atoms with Crippen LogP contribution in [0.15, 0.2) is 71.8 Å². The van der Waals surface area contributed by atoms with Gasteiger partial charge in [0, 0.05) is 11.1 Å². The van der Waals surface area contributed by atoms with E-state index in [-0.39, 0.29) is 24.4 Å². The molecule has 0 amide bonds. The lowest BCUT2D eigenvalue weighted by Gasteiger charge is -2.19. The van der Waals surface area contributed by atoms with Crippen molar-refractivity contribution in [3.05, 3.63) is 82.9 Å². The third kappa shape index (κ3) is 6.72. The van der Waals surface area contributed by atoms with Crippen LogP contribution in [-0.4, -0.2) is 38.4 Å². The maximum atomic E-state index is 12.2. The third-order valence-corrected chi connectivity index (χ3v) is 6.71. The van der Waals surface area contributed by atoms with Crippen molar-refractivity contribution in [3.8, 4) is 34.8 Å². The normalized spacial score (nSPS) is 11.5. The lowest BCUT2D eigenvalue weighted by Crippen LogP contribution is -2.06. The van der Waals surface area contributed by atoms with Crippen LogP contribution in [0.4, 0.5) is 0 Å². The van der Waals surface area contributed by atoms with E-state index in [1.807, 2.05) is 86.6 Å². The molecule has 44 heavy (non-hydrogen) atoms. The van der Waals surface area contributed by atoms with E-state index in [4.69, 9.17) is 18.9 Å². The number of nitriles is 2. The van der Waals surface area contributed by atoms with E-state index in [0.717, 1.165) is 32.7 Å². The van der Waals surface area contributed by atoms with Crippen molar-refractivity contribution in [2.24, 2.45) is 0 Å².